The Balaban J connectivity index is 1.96. The van der Waals surface area contributed by atoms with E-state index < -0.39 is 63.5 Å². The normalized spacial score (nSPS) is 29.2. The van der Waals surface area contributed by atoms with Crippen molar-refractivity contribution in [1.82, 2.24) is 4.90 Å². The summed E-state index contributed by atoms with van der Waals surface area (Å²) in [6.45, 7) is 5.67. The predicted molar refractivity (Wildman–Crippen MR) is 122 cm³/mol. The van der Waals surface area contributed by atoms with Crippen LogP contribution in [0.5, 0.6) is 5.75 Å². The van der Waals surface area contributed by atoms with Gasteiger partial charge in [0.2, 0.25) is 5.78 Å². The topological polar surface area (TPSA) is 161 Å². The fourth-order valence-corrected chi connectivity index (χ4v) is 5.83. The van der Waals surface area contributed by atoms with Gasteiger partial charge in [0.1, 0.15) is 22.8 Å². The number of hydrogen-bond acceptors (Lipinski definition) is 8. The lowest BCUT2D eigenvalue weighted by Gasteiger charge is -2.50. The number of aliphatic hydroxyl groups is 3. The summed E-state index contributed by atoms with van der Waals surface area (Å²) < 4.78 is 0. The molecular weight excluding hydrogens is 440 g/mol. The van der Waals surface area contributed by atoms with Crippen LogP contribution in [0.3, 0.4) is 0 Å². The van der Waals surface area contributed by atoms with Crippen LogP contribution in [0.15, 0.2) is 34.8 Å². The second-order valence-corrected chi connectivity index (χ2v) is 10.7. The van der Waals surface area contributed by atoms with Crippen LogP contribution in [-0.2, 0) is 21.4 Å². The average molecular weight is 471 g/mol. The van der Waals surface area contributed by atoms with Crippen molar-refractivity contribution in [3.8, 4) is 5.75 Å². The Morgan fingerprint density at radius 2 is 1.76 bits per heavy atom. The van der Waals surface area contributed by atoms with Crippen molar-refractivity contribution >= 4 is 17.5 Å². The molecule has 0 saturated carbocycles. The fourth-order valence-electron chi connectivity index (χ4n) is 5.83. The SMILES string of the molecule is CN(C)C1C(O)=C(C(N)=O)C(=O)C2(O)C(O)=C3C(=O)c4c(ccc(C(C)(C)C)c4O)CC3CC12. The number of allylic oxidation sites excluding steroid dienone is 1. The number of benzene rings is 1. The van der Waals surface area contributed by atoms with Gasteiger partial charge in [-0.1, -0.05) is 32.9 Å². The zero-order chi connectivity index (χ0) is 25.5. The summed E-state index contributed by atoms with van der Waals surface area (Å²) in [5.74, 6) is -6.38. The monoisotopic (exact) mass is 470 g/mol. The average Bonchev–Trinajstić information content (AvgIpc) is 2.69. The number of phenolic OH excluding ortho intramolecular Hbond substituents is 1. The molecule has 0 saturated heterocycles. The zero-order valence-electron chi connectivity index (χ0n) is 19.8. The summed E-state index contributed by atoms with van der Waals surface area (Å²) in [6, 6.07) is 2.55. The molecule has 1 aromatic rings. The second kappa shape index (κ2) is 7.41. The lowest BCUT2D eigenvalue weighted by molar-refractivity contribution is -0.148. The number of rotatable bonds is 2. The van der Waals surface area contributed by atoms with Gasteiger partial charge in [-0.15, -0.1) is 0 Å². The summed E-state index contributed by atoms with van der Waals surface area (Å²) in [4.78, 5) is 40.4. The molecule has 182 valence electrons. The number of primary amides is 1. The first-order valence-corrected chi connectivity index (χ1v) is 11.1. The number of amides is 1. The Labute approximate surface area is 197 Å². The van der Waals surface area contributed by atoms with E-state index in [0.29, 0.717) is 11.1 Å². The van der Waals surface area contributed by atoms with Crippen LogP contribution >= 0.6 is 0 Å². The molecule has 4 atom stereocenters. The van der Waals surface area contributed by atoms with E-state index in [1.54, 1.807) is 26.2 Å². The summed E-state index contributed by atoms with van der Waals surface area (Å²) >= 11 is 0. The van der Waals surface area contributed by atoms with Gasteiger partial charge < -0.3 is 26.2 Å². The van der Waals surface area contributed by atoms with E-state index in [2.05, 4.69) is 0 Å². The van der Waals surface area contributed by atoms with Crippen LogP contribution in [0.25, 0.3) is 0 Å². The molecule has 3 aliphatic carbocycles. The number of fused-ring (bicyclic) bond motifs is 3. The Morgan fingerprint density at radius 1 is 1.15 bits per heavy atom. The summed E-state index contributed by atoms with van der Waals surface area (Å²) in [5, 5.41) is 44.6. The summed E-state index contributed by atoms with van der Waals surface area (Å²) in [5.41, 5.74) is 2.47. The van der Waals surface area contributed by atoms with Crippen LogP contribution in [0.1, 0.15) is 48.7 Å². The number of hydrogen-bond donors (Lipinski definition) is 5. The van der Waals surface area contributed by atoms with E-state index in [-0.39, 0.29) is 29.7 Å². The van der Waals surface area contributed by atoms with Crippen molar-refractivity contribution in [1.29, 1.82) is 0 Å². The lowest BCUT2D eigenvalue weighted by atomic mass is 9.58. The largest absolute Gasteiger partial charge is 0.510 e. The maximum absolute atomic E-state index is 13.6. The molecule has 1 aromatic carbocycles. The van der Waals surface area contributed by atoms with Crippen molar-refractivity contribution in [2.75, 3.05) is 14.1 Å². The Hall–Kier alpha value is -3.17. The number of aromatic hydroxyl groups is 1. The Kier molecular flexibility index (Phi) is 5.23. The molecular formula is C25H30N2O7. The number of nitrogens with zero attached hydrogens (tertiary/aromatic N) is 1. The molecule has 9 nitrogen and oxygen atoms in total. The van der Waals surface area contributed by atoms with Gasteiger partial charge in [-0.05, 0) is 43.8 Å². The molecule has 0 bridgehead atoms. The summed E-state index contributed by atoms with van der Waals surface area (Å²) in [6.07, 6.45) is 0.361. The molecule has 0 radical (unpaired) electrons. The molecule has 0 fully saturated rings. The second-order valence-electron chi connectivity index (χ2n) is 10.7. The molecule has 9 heteroatoms. The smallest absolute Gasteiger partial charge is 0.255 e. The maximum Gasteiger partial charge on any atom is 0.255 e. The molecule has 1 amide bonds. The minimum atomic E-state index is -2.62. The standard InChI is InChI=1S/C25H30N2O7/c1-24(2,3)12-7-6-10-8-11-9-13-17(27(4)5)20(30)16(23(26)33)22(32)25(13,34)21(31)15(11)19(29)14(10)18(12)28/h6-7,11,13,17,28,30-31,34H,8-9H2,1-5H3,(H2,26,33). The van der Waals surface area contributed by atoms with Gasteiger partial charge in [-0.25, -0.2) is 0 Å². The highest BCUT2D eigenvalue weighted by atomic mass is 16.3. The number of ketones is 2. The predicted octanol–water partition coefficient (Wildman–Crippen LogP) is 1.42. The van der Waals surface area contributed by atoms with E-state index in [1.807, 2.05) is 20.8 Å². The minimum Gasteiger partial charge on any atom is -0.510 e. The van der Waals surface area contributed by atoms with Crippen molar-refractivity contribution < 1.29 is 34.8 Å². The van der Waals surface area contributed by atoms with E-state index in [9.17, 15) is 34.8 Å². The maximum atomic E-state index is 13.6. The molecule has 6 N–H and O–H groups in total. The molecule has 0 aromatic heterocycles. The number of aliphatic hydroxyl groups excluding tert-OH is 2. The minimum absolute atomic E-state index is 0.0354. The van der Waals surface area contributed by atoms with Crippen LogP contribution in [0, 0.1) is 11.8 Å². The molecule has 3 aliphatic rings. The first-order chi connectivity index (χ1) is 15.6. The summed E-state index contributed by atoms with van der Waals surface area (Å²) in [7, 11) is 3.19. The quantitative estimate of drug-likeness (QED) is 0.406. The van der Waals surface area contributed by atoms with Crippen LogP contribution in [0.4, 0.5) is 0 Å². The van der Waals surface area contributed by atoms with Crippen molar-refractivity contribution in [2.45, 2.75) is 50.7 Å². The number of phenols is 1. The third kappa shape index (κ3) is 3.03. The number of nitrogens with two attached hydrogens (primary N) is 1. The number of carbonyl (C=O) groups is 3. The number of carbonyl (C=O) groups excluding carboxylic acids is 3. The van der Waals surface area contributed by atoms with Gasteiger partial charge in [0.05, 0.1) is 11.6 Å². The molecule has 0 spiro atoms. The highest BCUT2D eigenvalue weighted by Crippen LogP contribution is 2.52. The zero-order valence-corrected chi connectivity index (χ0v) is 19.8. The number of likely N-dealkylation sites (N-methyl/N-ethyl adjacent to an activating group) is 1. The van der Waals surface area contributed by atoms with E-state index in [4.69, 9.17) is 5.73 Å². The lowest BCUT2D eigenvalue weighted by Crippen LogP contribution is -2.63. The van der Waals surface area contributed by atoms with Crippen LogP contribution in [-0.4, -0.2) is 68.5 Å². The van der Waals surface area contributed by atoms with E-state index in [1.165, 1.54) is 4.90 Å². The van der Waals surface area contributed by atoms with Crippen molar-refractivity contribution in [3.63, 3.8) is 0 Å². The first-order valence-electron chi connectivity index (χ1n) is 11.1. The third-order valence-corrected chi connectivity index (χ3v) is 7.40. The highest BCUT2D eigenvalue weighted by molar-refractivity contribution is 6.24. The Morgan fingerprint density at radius 3 is 2.29 bits per heavy atom. The van der Waals surface area contributed by atoms with Crippen LogP contribution in [0.2, 0.25) is 0 Å². The molecule has 0 aliphatic heterocycles. The molecule has 4 unspecified atom stereocenters. The van der Waals surface area contributed by atoms with Gasteiger partial charge in [0, 0.05) is 17.1 Å². The van der Waals surface area contributed by atoms with Crippen LogP contribution < -0.4 is 5.73 Å². The van der Waals surface area contributed by atoms with Gasteiger partial charge in [0.15, 0.2) is 11.4 Å². The van der Waals surface area contributed by atoms with Gasteiger partial charge in [0.25, 0.3) is 5.91 Å². The van der Waals surface area contributed by atoms with Crippen molar-refractivity contribution in [3.05, 3.63) is 51.5 Å². The van der Waals surface area contributed by atoms with Gasteiger partial charge >= 0.3 is 0 Å². The van der Waals surface area contributed by atoms with Gasteiger partial charge in [-0.2, -0.15) is 0 Å². The highest BCUT2D eigenvalue weighted by Gasteiger charge is 2.63. The molecule has 34 heavy (non-hydrogen) atoms. The van der Waals surface area contributed by atoms with Gasteiger partial charge in [-0.3, -0.25) is 19.3 Å². The Bertz CT molecular complexity index is 1200. The third-order valence-electron chi connectivity index (χ3n) is 7.40. The van der Waals surface area contributed by atoms with Crippen molar-refractivity contribution in [2.24, 2.45) is 17.6 Å². The van der Waals surface area contributed by atoms with E-state index in [0.717, 1.165) is 0 Å². The molecule has 0 heterocycles. The van der Waals surface area contributed by atoms with E-state index >= 15 is 0 Å². The fraction of sp³-hybridized carbons (Fsp3) is 0.480. The number of Topliss-reactive ketones (excluding diaryl/α,β-unsaturated/α-hetero) is 2. The molecule has 4 rings (SSSR count). The first kappa shape index (κ1) is 24.0.